The van der Waals surface area contributed by atoms with E-state index in [1.807, 2.05) is 0 Å². The molecule has 0 spiro atoms. The van der Waals surface area contributed by atoms with Crippen molar-refractivity contribution in [3.05, 3.63) is 11.2 Å². The first-order chi connectivity index (χ1) is 8.49. The minimum Gasteiger partial charge on any atom is -0.355 e. The van der Waals surface area contributed by atoms with E-state index in [1.165, 1.54) is 6.20 Å². The second-order valence-corrected chi connectivity index (χ2v) is 7.39. The highest BCUT2D eigenvalue weighted by molar-refractivity contribution is 7.91. The lowest BCUT2D eigenvalue weighted by Crippen LogP contribution is -2.35. The molecule has 2 N–H and O–H groups in total. The van der Waals surface area contributed by atoms with Crippen LogP contribution in [0.2, 0.25) is 0 Å². The monoisotopic (exact) mass is 289 g/mol. The smallest absolute Gasteiger partial charge is 0.251 e. The summed E-state index contributed by atoms with van der Waals surface area (Å²) in [5.74, 6) is 0.161. The van der Waals surface area contributed by atoms with Gasteiger partial charge in [-0.15, -0.1) is 11.3 Å². The van der Waals surface area contributed by atoms with Crippen molar-refractivity contribution in [3.63, 3.8) is 0 Å². The molecule has 2 rings (SSSR count). The topological polar surface area (TPSA) is 88.2 Å². The molecule has 1 heterocycles. The Balaban J connectivity index is 1.76. The van der Waals surface area contributed by atoms with Gasteiger partial charge >= 0.3 is 0 Å². The molecule has 0 saturated heterocycles. The molecular formula is C10H15N3O3S2. The van der Waals surface area contributed by atoms with Crippen LogP contribution in [0.25, 0.3) is 0 Å². The van der Waals surface area contributed by atoms with Gasteiger partial charge in [0.2, 0.25) is 5.91 Å². The van der Waals surface area contributed by atoms with E-state index in [4.69, 9.17) is 0 Å². The number of nitrogens with zero attached hydrogens (tertiary/aromatic N) is 1. The summed E-state index contributed by atoms with van der Waals surface area (Å²) in [6.07, 6.45) is 3.22. The first-order valence-corrected chi connectivity index (χ1v) is 7.99. The minimum absolute atomic E-state index is 0.0165. The number of sulfonamides is 1. The van der Waals surface area contributed by atoms with Crippen molar-refractivity contribution in [2.24, 2.45) is 5.92 Å². The molecular weight excluding hydrogens is 274 g/mol. The van der Waals surface area contributed by atoms with E-state index in [1.54, 1.807) is 6.92 Å². The minimum atomic E-state index is -3.49. The maximum atomic E-state index is 11.8. The van der Waals surface area contributed by atoms with Crippen LogP contribution < -0.4 is 10.0 Å². The molecule has 0 bridgehead atoms. The number of hydrogen-bond donors (Lipinski definition) is 2. The van der Waals surface area contributed by atoms with Gasteiger partial charge in [0.25, 0.3) is 10.0 Å². The van der Waals surface area contributed by atoms with Gasteiger partial charge in [0, 0.05) is 19.0 Å². The van der Waals surface area contributed by atoms with E-state index >= 15 is 0 Å². The van der Waals surface area contributed by atoms with Crippen LogP contribution in [0.4, 0.5) is 0 Å². The maximum absolute atomic E-state index is 11.8. The lowest BCUT2D eigenvalue weighted by Gasteiger charge is -2.05. The summed E-state index contributed by atoms with van der Waals surface area (Å²) in [6, 6.07) is 0. The van der Waals surface area contributed by atoms with Gasteiger partial charge in [-0.25, -0.2) is 18.1 Å². The summed E-state index contributed by atoms with van der Waals surface area (Å²) in [5.41, 5.74) is 0. The zero-order valence-corrected chi connectivity index (χ0v) is 11.6. The highest BCUT2D eigenvalue weighted by Crippen LogP contribution is 2.28. The van der Waals surface area contributed by atoms with Gasteiger partial charge in [-0.3, -0.25) is 4.79 Å². The van der Waals surface area contributed by atoms with E-state index in [-0.39, 0.29) is 22.6 Å². The molecule has 18 heavy (non-hydrogen) atoms. The standard InChI is InChI=1S/C10H15N3O3S2/c1-7-12-6-9(17-7)18(15,16)13-5-4-11-10(14)8-2-3-8/h6,8,13H,2-5H2,1H3,(H,11,14). The lowest BCUT2D eigenvalue weighted by molar-refractivity contribution is -0.122. The Morgan fingerprint density at radius 3 is 2.78 bits per heavy atom. The number of amides is 1. The number of carbonyl (C=O) groups excluding carboxylic acids is 1. The lowest BCUT2D eigenvalue weighted by atomic mass is 10.4. The SMILES string of the molecule is Cc1ncc(S(=O)(=O)NCCNC(=O)C2CC2)s1. The van der Waals surface area contributed by atoms with Gasteiger partial charge in [-0.2, -0.15) is 0 Å². The van der Waals surface area contributed by atoms with Crippen LogP contribution in [0.5, 0.6) is 0 Å². The Bertz CT molecular complexity index is 534. The molecule has 0 atom stereocenters. The molecule has 0 radical (unpaired) electrons. The van der Waals surface area contributed by atoms with Gasteiger partial charge in [0.15, 0.2) is 4.21 Å². The van der Waals surface area contributed by atoms with Crippen LogP contribution in [0, 0.1) is 12.8 Å². The summed E-state index contributed by atoms with van der Waals surface area (Å²) in [4.78, 5) is 15.2. The summed E-state index contributed by atoms with van der Waals surface area (Å²) < 4.78 is 26.2. The van der Waals surface area contributed by atoms with Gasteiger partial charge in [-0.1, -0.05) is 0 Å². The van der Waals surface area contributed by atoms with Gasteiger partial charge in [0.1, 0.15) is 0 Å². The predicted molar refractivity (Wildman–Crippen MR) is 67.8 cm³/mol. The number of hydrogen-bond acceptors (Lipinski definition) is 5. The van der Waals surface area contributed by atoms with Crippen LogP contribution in [-0.2, 0) is 14.8 Å². The van der Waals surface area contributed by atoms with Crippen LogP contribution in [-0.4, -0.2) is 32.4 Å². The van der Waals surface area contributed by atoms with Crippen molar-refractivity contribution in [2.75, 3.05) is 13.1 Å². The fraction of sp³-hybridized carbons (Fsp3) is 0.600. The van der Waals surface area contributed by atoms with Gasteiger partial charge in [-0.05, 0) is 19.8 Å². The van der Waals surface area contributed by atoms with E-state index in [0.29, 0.717) is 11.6 Å². The molecule has 0 unspecified atom stereocenters. The molecule has 100 valence electrons. The summed E-state index contributed by atoms with van der Waals surface area (Å²) >= 11 is 1.12. The largest absolute Gasteiger partial charge is 0.355 e. The Labute approximate surface area is 110 Å². The highest BCUT2D eigenvalue weighted by atomic mass is 32.2. The Morgan fingerprint density at radius 2 is 2.22 bits per heavy atom. The molecule has 1 aromatic heterocycles. The predicted octanol–water partition coefficient (Wildman–Crippen LogP) is 0.256. The van der Waals surface area contributed by atoms with Crippen molar-refractivity contribution in [3.8, 4) is 0 Å². The third kappa shape index (κ3) is 3.50. The summed E-state index contributed by atoms with van der Waals surface area (Å²) in [5, 5.41) is 3.40. The molecule has 1 fully saturated rings. The fourth-order valence-electron chi connectivity index (χ4n) is 1.40. The van der Waals surface area contributed by atoms with E-state index in [9.17, 15) is 13.2 Å². The zero-order valence-electron chi connectivity index (χ0n) is 9.97. The third-order valence-corrected chi connectivity index (χ3v) is 5.36. The molecule has 8 heteroatoms. The van der Waals surface area contributed by atoms with E-state index in [0.717, 1.165) is 24.2 Å². The van der Waals surface area contributed by atoms with Crippen molar-refractivity contribution < 1.29 is 13.2 Å². The number of nitrogens with one attached hydrogen (secondary N) is 2. The van der Waals surface area contributed by atoms with Crippen molar-refractivity contribution in [1.82, 2.24) is 15.0 Å². The van der Waals surface area contributed by atoms with Gasteiger partial charge < -0.3 is 5.32 Å². The molecule has 1 saturated carbocycles. The number of carbonyl (C=O) groups is 1. The van der Waals surface area contributed by atoms with E-state index in [2.05, 4.69) is 15.0 Å². The average molecular weight is 289 g/mol. The maximum Gasteiger partial charge on any atom is 0.251 e. The van der Waals surface area contributed by atoms with Crippen LogP contribution in [0.15, 0.2) is 10.4 Å². The van der Waals surface area contributed by atoms with Crippen molar-refractivity contribution in [1.29, 1.82) is 0 Å². The quantitative estimate of drug-likeness (QED) is 0.735. The third-order valence-electron chi connectivity index (χ3n) is 2.53. The number of aryl methyl sites for hydroxylation is 1. The number of aromatic nitrogens is 1. The van der Waals surface area contributed by atoms with E-state index < -0.39 is 10.0 Å². The summed E-state index contributed by atoms with van der Waals surface area (Å²) in [7, 11) is -3.49. The molecule has 0 aliphatic heterocycles. The molecule has 1 amide bonds. The van der Waals surface area contributed by atoms with Crippen molar-refractivity contribution in [2.45, 2.75) is 24.0 Å². The average Bonchev–Trinajstić information content (AvgIpc) is 3.07. The number of rotatable bonds is 6. The Kier molecular flexibility index (Phi) is 3.98. The number of thiazole rings is 1. The molecule has 1 aromatic rings. The van der Waals surface area contributed by atoms with Crippen LogP contribution in [0.1, 0.15) is 17.8 Å². The Hall–Kier alpha value is -0.990. The first kappa shape index (κ1) is 13.4. The fourth-order valence-corrected chi connectivity index (χ4v) is 3.58. The van der Waals surface area contributed by atoms with Crippen LogP contribution >= 0.6 is 11.3 Å². The molecule has 1 aliphatic rings. The highest BCUT2D eigenvalue weighted by Gasteiger charge is 2.29. The van der Waals surface area contributed by atoms with Gasteiger partial charge in [0.05, 0.1) is 11.2 Å². The normalized spacial score (nSPS) is 15.6. The molecule has 6 nitrogen and oxygen atoms in total. The van der Waals surface area contributed by atoms with Crippen LogP contribution in [0.3, 0.4) is 0 Å². The molecule has 0 aromatic carbocycles. The second kappa shape index (κ2) is 5.33. The zero-order chi connectivity index (χ0) is 13.2. The van der Waals surface area contributed by atoms with Crippen molar-refractivity contribution >= 4 is 27.3 Å². The first-order valence-electron chi connectivity index (χ1n) is 5.69. The molecule has 1 aliphatic carbocycles. The Morgan fingerprint density at radius 1 is 1.50 bits per heavy atom. The second-order valence-electron chi connectivity index (χ2n) is 4.16. The summed E-state index contributed by atoms with van der Waals surface area (Å²) in [6.45, 7) is 2.25.